The van der Waals surface area contributed by atoms with Crippen molar-refractivity contribution < 1.29 is 22.4 Å². The lowest BCUT2D eigenvalue weighted by atomic mass is 10.1. The largest absolute Gasteiger partial charge is 0.495 e. The highest BCUT2D eigenvalue weighted by Crippen LogP contribution is 2.27. The number of hydrogen-bond acceptors (Lipinski definition) is 6. The first-order valence-corrected chi connectivity index (χ1v) is 11.4. The van der Waals surface area contributed by atoms with Crippen molar-refractivity contribution in [3.63, 3.8) is 0 Å². The molecule has 3 aromatic rings. The molecule has 0 bridgehead atoms. The first-order valence-electron chi connectivity index (χ1n) is 9.97. The fraction of sp³-hybridized carbons (Fsp3) is 0.261. The zero-order valence-electron chi connectivity index (χ0n) is 18.5. The van der Waals surface area contributed by atoms with Gasteiger partial charge in [-0.05, 0) is 63.5 Å². The highest BCUT2D eigenvalue weighted by molar-refractivity contribution is 7.92. The molecule has 2 aromatic carbocycles. The van der Waals surface area contributed by atoms with E-state index < -0.39 is 15.9 Å². The first-order chi connectivity index (χ1) is 15.2. The second-order valence-corrected chi connectivity index (χ2v) is 9.19. The van der Waals surface area contributed by atoms with Gasteiger partial charge in [0.25, 0.3) is 15.9 Å². The van der Waals surface area contributed by atoms with Crippen LogP contribution in [0.15, 0.2) is 70.2 Å². The molecule has 0 aliphatic heterocycles. The number of furan rings is 1. The lowest BCUT2D eigenvalue weighted by molar-refractivity contribution is 0.0938. The highest BCUT2D eigenvalue weighted by atomic mass is 32.2. The minimum atomic E-state index is -3.98. The van der Waals surface area contributed by atoms with Crippen molar-refractivity contribution in [3.05, 3.63) is 77.7 Å². The van der Waals surface area contributed by atoms with Gasteiger partial charge < -0.3 is 14.5 Å². The van der Waals surface area contributed by atoms with Gasteiger partial charge >= 0.3 is 0 Å². The van der Waals surface area contributed by atoms with Gasteiger partial charge in [-0.15, -0.1) is 0 Å². The van der Waals surface area contributed by atoms with E-state index in [-0.39, 0.29) is 28.8 Å². The number of sulfonamides is 1. The van der Waals surface area contributed by atoms with Gasteiger partial charge in [-0.1, -0.05) is 17.7 Å². The molecule has 8 nitrogen and oxygen atoms in total. The van der Waals surface area contributed by atoms with E-state index in [4.69, 9.17) is 9.15 Å². The number of ether oxygens (including phenoxy) is 1. The van der Waals surface area contributed by atoms with E-state index in [1.807, 2.05) is 32.0 Å². The molecular weight excluding hydrogens is 430 g/mol. The number of anilines is 1. The lowest BCUT2D eigenvalue weighted by Gasteiger charge is -2.22. The maximum absolute atomic E-state index is 13.0. The number of carbonyl (C=O) groups excluding carboxylic acids is 1. The van der Waals surface area contributed by atoms with Crippen molar-refractivity contribution in [1.29, 1.82) is 0 Å². The number of amides is 1. The van der Waals surface area contributed by atoms with Gasteiger partial charge in [-0.2, -0.15) is 0 Å². The fourth-order valence-corrected chi connectivity index (χ4v) is 4.42. The van der Waals surface area contributed by atoms with Crippen LogP contribution in [0.4, 0.5) is 5.69 Å². The zero-order valence-corrected chi connectivity index (χ0v) is 19.3. The number of benzene rings is 2. The molecule has 0 saturated heterocycles. The number of nitrogens with one attached hydrogen (secondary N) is 2. The van der Waals surface area contributed by atoms with Crippen LogP contribution in [0.5, 0.6) is 5.75 Å². The molecule has 3 rings (SSSR count). The number of methoxy groups -OCH3 is 1. The third-order valence-electron chi connectivity index (χ3n) is 4.97. The van der Waals surface area contributed by atoms with E-state index in [1.165, 1.54) is 25.3 Å². The van der Waals surface area contributed by atoms with Crippen molar-refractivity contribution in [2.45, 2.75) is 17.9 Å². The number of aryl methyl sites for hydroxylation is 1. The Bertz CT molecular complexity index is 1160. The van der Waals surface area contributed by atoms with Crippen LogP contribution in [-0.4, -0.2) is 47.0 Å². The van der Waals surface area contributed by atoms with Gasteiger partial charge in [0.2, 0.25) is 0 Å². The number of nitrogens with zero attached hydrogens (tertiary/aromatic N) is 1. The summed E-state index contributed by atoms with van der Waals surface area (Å²) in [7, 11) is 1.16. The maximum atomic E-state index is 13.0. The van der Waals surface area contributed by atoms with Crippen LogP contribution >= 0.6 is 0 Å². The minimum Gasteiger partial charge on any atom is -0.495 e. The van der Waals surface area contributed by atoms with Crippen molar-refractivity contribution >= 4 is 21.6 Å². The van der Waals surface area contributed by atoms with E-state index in [2.05, 4.69) is 10.0 Å². The topological polar surface area (TPSA) is 101 Å². The van der Waals surface area contributed by atoms with Crippen LogP contribution in [0.3, 0.4) is 0 Å². The molecular formula is C23H27N3O5S. The molecule has 9 heteroatoms. The van der Waals surface area contributed by atoms with Crippen molar-refractivity contribution in [1.82, 2.24) is 10.2 Å². The molecule has 170 valence electrons. The van der Waals surface area contributed by atoms with E-state index in [1.54, 1.807) is 36.6 Å². The Morgan fingerprint density at radius 2 is 1.84 bits per heavy atom. The van der Waals surface area contributed by atoms with E-state index in [0.717, 1.165) is 11.3 Å². The summed E-state index contributed by atoms with van der Waals surface area (Å²) in [6.45, 7) is 2.20. The maximum Gasteiger partial charge on any atom is 0.265 e. The summed E-state index contributed by atoms with van der Waals surface area (Å²) in [4.78, 5) is 14.6. The second-order valence-electron chi connectivity index (χ2n) is 7.54. The van der Waals surface area contributed by atoms with Crippen LogP contribution < -0.4 is 14.8 Å². The molecule has 1 amide bonds. The summed E-state index contributed by atoms with van der Waals surface area (Å²) < 4.78 is 39.2. The SMILES string of the molecule is COc1ccc(C(=O)NC[C@@H](c2ccco2)N(C)C)cc1S(=O)(=O)Nc1ccc(C)cc1. The van der Waals surface area contributed by atoms with Gasteiger partial charge in [0.15, 0.2) is 0 Å². The summed E-state index contributed by atoms with van der Waals surface area (Å²) in [6, 6.07) is 14.7. The van der Waals surface area contributed by atoms with Crippen LogP contribution in [0.2, 0.25) is 0 Å². The van der Waals surface area contributed by atoms with Gasteiger partial charge in [-0.25, -0.2) is 8.42 Å². The normalized spacial score (nSPS) is 12.4. The van der Waals surface area contributed by atoms with Gasteiger partial charge in [0, 0.05) is 17.8 Å². The van der Waals surface area contributed by atoms with E-state index in [0.29, 0.717) is 5.69 Å². The average molecular weight is 458 g/mol. The van der Waals surface area contributed by atoms with Crippen molar-refractivity contribution in [2.75, 3.05) is 32.5 Å². The molecule has 0 aliphatic carbocycles. The summed E-state index contributed by atoms with van der Waals surface area (Å²) >= 11 is 0. The smallest absolute Gasteiger partial charge is 0.265 e. The molecule has 1 atom stereocenters. The Balaban J connectivity index is 1.81. The summed E-state index contributed by atoms with van der Waals surface area (Å²) in [5.41, 5.74) is 1.63. The standard InChI is InChI=1S/C23H27N3O5S/c1-16-7-10-18(11-8-16)25-32(28,29)22-14-17(9-12-21(22)30-4)23(27)24-15-19(26(2)3)20-6-5-13-31-20/h5-14,19,25H,15H2,1-4H3,(H,24,27)/t19-/m0/s1. The van der Waals surface area contributed by atoms with Gasteiger partial charge in [-0.3, -0.25) is 14.4 Å². The quantitative estimate of drug-likeness (QED) is 0.511. The molecule has 32 heavy (non-hydrogen) atoms. The van der Waals surface area contributed by atoms with Crippen LogP contribution in [-0.2, 0) is 10.0 Å². The molecule has 0 spiro atoms. The Kier molecular flexibility index (Phi) is 7.22. The molecule has 0 saturated carbocycles. The zero-order chi connectivity index (χ0) is 23.3. The summed E-state index contributed by atoms with van der Waals surface area (Å²) in [6.07, 6.45) is 1.58. The molecule has 0 aliphatic rings. The van der Waals surface area contributed by atoms with Gasteiger partial charge in [0.05, 0.1) is 19.4 Å². The number of likely N-dealkylation sites (N-methyl/N-ethyl adjacent to an activating group) is 1. The highest BCUT2D eigenvalue weighted by Gasteiger charge is 2.23. The van der Waals surface area contributed by atoms with Crippen LogP contribution in [0, 0.1) is 6.92 Å². The molecule has 1 heterocycles. The van der Waals surface area contributed by atoms with Crippen molar-refractivity contribution in [3.8, 4) is 5.75 Å². The average Bonchev–Trinajstić information content (AvgIpc) is 3.29. The molecule has 1 aromatic heterocycles. The number of carbonyl (C=O) groups is 1. The summed E-state index contributed by atoms with van der Waals surface area (Å²) in [5, 5.41) is 2.84. The van der Waals surface area contributed by atoms with E-state index in [9.17, 15) is 13.2 Å². The van der Waals surface area contributed by atoms with Crippen LogP contribution in [0.25, 0.3) is 0 Å². The number of hydrogen-bond donors (Lipinski definition) is 2. The second kappa shape index (κ2) is 9.88. The van der Waals surface area contributed by atoms with E-state index >= 15 is 0 Å². The molecule has 2 N–H and O–H groups in total. The third kappa shape index (κ3) is 5.49. The first kappa shape index (κ1) is 23.4. The third-order valence-corrected chi connectivity index (χ3v) is 6.37. The fourth-order valence-electron chi connectivity index (χ4n) is 3.17. The van der Waals surface area contributed by atoms with Crippen molar-refractivity contribution in [2.24, 2.45) is 0 Å². The molecule has 0 unspecified atom stereocenters. The van der Waals surface area contributed by atoms with Crippen LogP contribution in [0.1, 0.15) is 27.7 Å². The Morgan fingerprint density at radius 1 is 1.12 bits per heavy atom. The minimum absolute atomic E-state index is 0.122. The molecule has 0 fully saturated rings. The van der Waals surface area contributed by atoms with Gasteiger partial charge in [0.1, 0.15) is 16.4 Å². The predicted molar refractivity (Wildman–Crippen MR) is 122 cm³/mol. The Morgan fingerprint density at radius 3 is 2.44 bits per heavy atom. The lowest BCUT2D eigenvalue weighted by Crippen LogP contribution is -2.34. The Labute approximate surface area is 188 Å². The monoisotopic (exact) mass is 457 g/mol. The summed E-state index contributed by atoms with van der Waals surface area (Å²) in [5.74, 6) is 0.455. The predicted octanol–water partition coefficient (Wildman–Crippen LogP) is 3.43. The Hall–Kier alpha value is -3.30. The molecule has 0 radical (unpaired) electrons. The number of rotatable bonds is 9.